The molecule has 3 heterocycles. The van der Waals surface area contributed by atoms with E-state index >= 15 is 0 Å². The second kappa shape index (κ2) is 7.97. The molecule has 4 rings (SSSR count). The van der Waals surface area contributed by atoms with Gasteiger partial charge in [0.1, 0.15) is 0 Å². The monoisotopic (exact) mass is 389 g/mol. The first-order valence-corrected chi connectivity index (χ1v) is 9.71. The third kappa shape index (κ3) is 4.07. The number of likely N-dealkylation sites (N-methyl/N-ethyl adjacent to an activating group) is 1. The first-order valence-electron chi connectivity index (χ1n) is 9.71. The molecule has 0 aliphatic carbocycles. The SMILES string of the molecule is CN1CCN(c2nc3c(c(=O)[nH]2)CCN(Cc2ccc(F)c(F)c2)CC3)CC1. The van der Waals surface area contributed by atoms with Gasteiger partial charge in [0.15, 0.2) is 11.6 Å². The highest BCUT2D eigenvalue weighted by Gasteiger charge is 2.22. The Hall–Kier alpha value is -2.32. The maximum Gasteiger partial charge on any atom is 0.255 e. The predicted octanol–water partition coefficient (Wildman–Crippen LogP) is 1.40. The molecule has 0 atom stereocenters. The summed E-state index contributed by atoms with van der Waals surface area (Å²) in [4.78, 5) is 26.9. The number of benzene rings is 1. The van der Waals surface area contributed by atoms with Gasteiger partial charge in [-0.1, -0.05) is 6.07 Å². The molecule has 1 aromatic heterocycles. The van der Waals surface area contributed by atoms with Gasteiger partial charge < -0.3 is 9.80 Å². The Bertz CT molecular complexity index is 908. The second-order valence-corrected chi connectivity index (χ2v) is 7.63. The number of anilines is 1. The van der Waals surface area contributed by atoms with Crippen molar-refractivity contribution in [3.63, 3.8) is 0 Å². The number of fused-ring (bicyclic) bond motifs is 1. The zero-order valence-corrected chi connectivity index (χ0v) is 16.0. The van der Waals surface area contributed by atoms with E-state index in [2.05, 4.69) is 26.7 Å². The van der Waals surface area contributed by atoms with Crippen LogP contribution < -0.4 is 10.5 Å². The molecule has 0 radical (unpaired) electrons. The summed E-state index contributed by atoms with van der Waals surface area (Å²) < 4.78 is 26.6. The molecule has 150 valence electrons. The third-order valence-electron chi connectivity index (χ3n) is 5.62. The molecule has 1 fully saturated rings. The van der Waals surface area contributed by atoms with Crippen LogP contribution in [0.5, 0.6) is 0 Å². The summed E-state index contributed by atoms with van der Waals surface area (Å²) in [6.45, 7) is 5.52. The summed E-state index contributed by atoms with van der Waals surface area (Å²) >= 11 is 0. The molecule has 0 amide bonds. The summed E-state index contributed by atoms with van der Waals surface area (Å²) in [6, 6.07) is 4.00. The standard InChI is InChI=1S/C20H25F2N5O/c1-25-8-10-27(11-9-25)20-23-18-5-7-26(6-4-15(18)19(28)24-20)13-14-2-3-16(21)17(22)12-14/h2-3,12H,4-11,13H2,1H3,(H,23,24,28). The largest absolute Gasteiger partial charge is 0.340 e. The van der Waals surface area contributed by atoms with Crippen molar-refractivity contribution in [3.05, 3.63) is 57.0 Å². The topological polar surface area (TPSA) is 55.5 Å². The van der Waals surface area contributed by atoms with Crippen LogP contribution in [-0.2, 0) is 19.4 Å². The highest BCUT2D eigenvalue weighted by molar-refractivity contribution is 5.35. The number of rotatable bonds is 3. The highest BCUT2D eigenvalue weighted by atomic mass is 19.2. The summed E-state index contributed by atoms with van der Waals surface area (Å²) in [6.07, 6.45) is 1.27. The molecule has 0 unspecified atom stereocenters. The summed E-state index contributed by atoms with van der Waals surface area (Å²) in [5, 5.41) is 0. The van der Waals surface area contributed by atoms with Crippen LogP contribution in [0.1, 0.15) is 16.8 Å². The fraction of sp³-hybridized carbons (Fsp3) is 0.500. The van der Waals surface area contributed by atoms with Crippen LogP contribution in [0.25, 0.3) is 0 Å². The van der Waals surface area contributed by atoms with E-state index in [1.54, 1.807) is 6.07 Å². The van der Waals surface area contributed by atoms with Gasteiger partial charge in [-0.15, -0.1) is 0 Å². The number of halogens is 2. The van der Waals surface area contributed by atoms with Crippen molar-refractivity contribution in [2.45, 2.75) is 19.4 Å². The molecule has 0 spiro atoms. The lowest BCUT2D eigenvalue weighted by Gasteiger charge is -2.32. The van der Waals surface area contributed by atoms with Crippen LogP contribution in [0.4, 0.5) is 14.7 Å². The van der Waals surface area contributed by atoms with Crippen LogP contribution in [0, 0.1) is 11.6 Å². The average molecular weight is 389 g/mol. The predicted molar refractivity (Wildman–Crippen MR) is 104 cm³/mol. The van der Waals surface area contributed by atoms with Crippen molar-refractivity contribution in [1.82, 2.24) is 19.8 Å². The van der Waals surface area contributed by atoms with E-state index < -0.39 is 11.6 Å². The van der Waals surface area contributed by atoms with Crippen molar-refractivity contribution >= 4 is 5.95 Å². The lowest BCUT2D eigenvalue weighted by molar-refractivity contribution is 0.278. The molecule has 2 aliphatic rings. The molecule has 0 bridgehead atoms. The van der Waals surface area contributed by atoms with Crippen LogP contribution >= 0.6 is 0 Å². The Kier molecular flexibility index (Phi) is 5.41. The Morgan fingerprint density at radius 3 is 2.54 bits per heavy atom. The quantitative estimate of drug-likeness (QED) is 0.860. The van der Waals surface area contributed by atoms with E-state index in [1.165, 1.54) is 6.07 Å². The van der Waals surface area contributed by atoms with Crippen LogP contribution in [0.2, 0.25) is 0 Å². The van der Waals surface area contributed by atoms with Gasteiger partial charge in [0.25, 0.3) is 5.56 Å². The Balaban J connectivity index is 1.48. The number of H-pyrrole nitrogens is 1. The number of aromatic amines is 1. The van der Waals surface area contributed by atoms with Crippen molar-refractivity contribution in [1.29, 1.82) is 0 Å². The van der Waals surface area contributed by atoms with E-state index in [4.69, 9.17) is 4.98 Å². The van der Waals surface area contributed by atoms with E-state index in [-0.39, 0.29) is 5.56 Å². The second-order valence-electron chi connectivity index (χ2n) is 7.63. The minimum Gasteiger partial charge on any atom is -0.340 e. The molecule has 6 nitrogen and oxygen atoms in total. The Morgan fingerprint density at radius 2 is 1.79 bits per heavy atom. The van der Waals surface area contributed by atoms with Crippen molar-refractivity contribution in [2.24, 2.45) is 0 Å². The number of piperazine rings is 1. The fourth-order valence-electron chi connectivity index (χ4n) is 3.86. The molecule has 2 aliphatic heterocycles. The Labute approximate surface area is 162 Å². The fourth-order valence-corrected chi connectivity index (χ4v) is 3.86. The summed E-state index contributed by atoms with van der Waals surface area (Å²) in [7, 11) is 2.09. The smallest absolute Gasteiger partial charge is 0.255 e. The molecule has 1 saturated heterocycles. The lowest BCUT2D eigenvalue weighted by Crippen LogP contribution is -2.45. The number of hydrogen-bond acceptors (Lipinski definition) is 5. The van der Waals surface area contributed by atoms with Crippen LogP contribution in [-0.4, -0.2) is 66.1 Å². The van der Waals surface area contributed by atoms with Gasteiger partial charge in [-0.2, -0.15) is 0 Å². The zero-order valence-electron chi connectivity index (χ0n) is 16.0. The van der Waals surface area contributed by atoms with Crippen molar-refractivity contribution in [2.75, 3.05) is 51.2 Å². The summed E-state index contributed by atoms with van der Waals surface area (Å²) in [5.74, 6) is -1.00. The minimum absolute atomic E-state index is 0.0615. The maximum absolute atomic E-state index is 13.5. The molecule has 2 aromatic rings. The van der Waals surface area contributed by atoms with Crippen LogP contribution in [0.3, 0.4) is 0 Å². The minimum atomic E-state index is -0.834. The van der Waals surface area contributed by atoms with Gasteiger partial charge in [0.2, 0.25) is 5.95 Å². The van der Waals surface area contributed by atoms with E-state index in [0.717, 1.165) is 55.6 Å². The highest BCUT2D eigenvalue weighted by Crippen LogP contribution is 2.17. The molecular formula is C20H25F2N5O. The molecule has 0 saturated carbocycles. The normalized spacial score (nSPS) is 18.8. The molecule has 1 N–H and O–H groups in total. The van der Waals surface area contributed by atoms with Gasteiger partial charge >= 0.3 is 0 Å². The first kappa shape index (κ1) is 19.0. The lowest BCUT2D eigenvalue weighted by atomic mass is 10.1. The van der Waals surface area contributed by atoms with Crippen molar-refractivity contribution in [3.8, 4) is 0 Å². The van der Waals surface area contributed by atoms with E-state index in [0.29, 0.717) is 31.9 Å². The van der Waals surface area contributed by atoms with Gasteiger partial charge in [-0.25, -0.2) is 13.8 Å². The number of nitrogens with zero attached hydrogens (tertiary/aromatic N) is 4. The molecule has 28 heavy (non-hydrogen) atoms. The Morgan fingerprint density at radius 1 is 1.04 bits per heavy atom. The molecule has 8 heteroatoms. The van der Waals surface area contributed by atoms with Gasteiger partial charge in [0, 0.05) is 57.8 Å². The number of aromatic nitrogens is 2. The maximum atomic E-state index is 13.5. The van der Waals surface area contributed by atoms with Gasteiger partial charge in [0.05, 0.1) is 5.69 Å². The van der Waals surface area contributed by atoms with Crippen molar-refractivity contribution < 1.29 is 8.78 Å². The zero-order chi connectivity index (χ0) is 19.7. The number of hydrogen-bond donors (Lipinski definition) is 1. The summed E-state index contributed by atoms with van der Waals surface area (Å²) in [5.41, 5.74) is 2.26. The van der Waals surface area contributed by atoms with E-state index in [9.17, 15) is 13.6 Å². The van der Waals surface area contributed by atoms with Gasteiger partial charge in [-0.05, 0) is 31.2 Å². The molecular weight excluding hydrogens is 364 g/mol. The first-order chi connectivity index (χ1) is 13.5. The number of nitrogens with one attached hydrogen (secondary N) is 1. The van der Waals surface area contributed by atoms with Crippen LogP contribution in [0.15, 0.2) is 23.0 Å². The average Bonchev–Trinajstić information content (AvgIpc) is 2.88. The van der Waals surface area contributed by atoms with E-state index in [1.807, 2.05) is 0 Å². The third-order valence-corrected chi connectivity index (χ3v) is 5.62. The molecule has 1 aromatic carbocycles. The van der Waals surface area contributed by atoms with Gasteiger partial charge in [-0.3, -0.25) is 14.7 Å².